The van der Waals surface area contributed by atoms with Crippen molar-refractivity contribution in [3.63, 3.8) is 0 Å². The van der Waals surface area contributed by atoms with E-state index in [1.54, 1.807) is 6.92 Å². The van der Waals surface area contributed by atoms with Gasteiger partial charge < -0.3 is 4.74 Å². The molecule has 2 atom stereocenters. The molecule has 2 aliphatic rings. The van der Waals surface area contributed by atoms with Crippen LogP contribution in [0.25, 0.3) is 0 Å². The van der Waals surface area contributed by atoms with Gasteiger partial charge in [-0.2, -0.15) is 0 Å². The van der Waals surface area contributed by atoms with Gasteiger partial charge in [-0.05, 0) is 25.8 Å². The molecule has 2 aliphatic carbocycles. The maximum Gasteiger partial charge on any atom is 0.324 e. The van der Waals surface area contributed by atoms with Crippen LogP contribution in [0.15, 0.2) is 10.6 Å². The molecule has 5 heteroatoms. The highest BCUT2D eigenvalue weighted by atomic mass is 79.9. The molecule has 2 bridgehead atoms. The van der Waals surface area contributed by atoms with E-state index in [1.165, 1.54) is 6.08 Å². The Hall–Kier alpha value is -0.970. The molecule has 0 saturated heterocycles. The Morgan fingerprint density at radius 1 is 1.59 bits per heavy atom. The maximum absolute atomic E-state index is 12.3. The van der Waals surface area contributed by atoms with Crippen molar-refractivity contribution in [1.82, 2.24) is 0 Å². The zero-order valence-corrected chi connectivity index (χ0v) is 11.1. The molecule has 0 aromatic heterocycles. The third-order valence-corrected chi connectivity index (χ3v) is 4.33. The fourth-order valence-electron chi connectivity index (χ4n) is 2.53. The van der Waals surface area contributed by atoms with Crippen LogP contribution in [-0.4, -0.2) is 24.1 Å². The molecular weight excluding hydrogens is 288 g/mol. The zero-order chi connectivity index (χ0) is 12.6. The van der Waals surface area contributed by atoms with Crippen LogP contribution in [0.2, 0.25) is 0 Å². The standard InChI is InChI=1S/C12H13BrO4/c1-2-17-11(16)12-5-3-4-7(10(12)15)8(14)6-9(12)13/h6-7H,2-5H2,1H3/t7-,12-/m1/s1. The molecule has 17 heavy (non-hydrogen) atoms. The van der Waals surface area contributed by atoms with Crippen LogP contribution in [0.5, 0.6) is 0 Å². The summed E-state index contributed by atoms with van der Waals surface area (Å²) < 4.78 is 5.35. The molecule has 2 rings (SSSR count). The number of Topliss-reactive ketones (excluding diaryl/α,β-unsaturated/α-hetero) is 1. The number of allylic oxidation sites excluding steroid dienone is 1. The minimum atomic E-state index is -1.26. The van der Waals surface area contributed by atoms with Gasteiger partial charge in [0.25, 0.3) is 0 Å². The van der Waals surface area contributed by atoms with E-state index in [-0.39, 0.29) is 18.2 Å². The van der Waals surface area contributed by atoms with Gasteiger partial charge in [0.05, 0.1) is 12.5 Å². The van der Waals surface area contributed by atoms with Gasteiger partial charge in [0.2, 0.25) is 0 Å². The first-order valence-corrected chi connectivity index (χ1v) is 6.46. The lowest BCUT2D eigenvalue weighted by molar-refractivity contribution is -0.161. The van der Waals surface area contributed by atoms with Crippen LogP contribution in [0.1, 0.15) is 26.2 Å². The predicted molar refractivity (Wildman–Crippen MR) is 63.4 cm³/mol. The van der Waals surface area contributed by atoms with Gasteiger partial charge in [0, 0.05) is 4.48 Å². The smallest absolute Gasteiger partial charge is 0.324 e. The highest BCUT2D eigenvalue weighted by Crippen LogP contribution is 2.48. The number of hydrogen-bond donors (Lipinski definition) is 0. The largest absolute Gasteiger partial charge is 0.465 e. The van der Waals surface area contributed by atoms with Crippen LogP contribution < -0.4 is 0 Å². The molecule has 0 heterocycles. The average molecular weight is 301 g/mol. The molecule has 0 unspecified atom stereocenters. The number of halogens is 1. The minimum Gasteiger partial charge on any atom is -0.465 e. The summed E-state index contributed by atoms with van der Waals surface area (Å²) in [5.41, 5.74) is -1.26. The highest BCUT2D eigenvalue weighted by Gasteiger charge is 2.57. The summed E-state index contributed by atoms with van der Waals surface area (Å²) in [6, 6.07) is 0. The molecule has 0 aromatic carbocycles. The molecule has 0 radical (unpaired) electrons. The number of rotatable bonds is 2. The number of hydrogen-bond acceptors (Lipinski definition) is 4. The van der Waals surface area contributed by atoms with E-state index in [0.29, 0.717) is 23.7 Å². The van der Waals surface area contributed by atoms with Crippen molar-refractivity contribution in [1.29, 1.82) is 0 Å². The maximum atomic E-state index is 12.3. The van der Waals surface area contributed by atoms with Crippen molar-refractivity contribution in [2.24, 2.45) is 11.3 Å². The van der Waals surface area contributed by atoms with Crippen molar-refractivity contribution in [2.75, 3.05) is 6.61 Å². The van der Waals surface area contributed by atoms with Gasteiger partial charge in [-0.1, -0.05) is 22.4 Å². The Morgan fingerprint density at radius 3 is 2.94 bits per heavy atom. The monoisotopic (exact) mass is 300 g/mol. The molecule has 1 saturated carbocycles. The van der Waals surface area contributed by atoms with Crippen molar-refractivity contribution in [3.05, 3.63) is 10.6 Å². The summed E-state index contributed by atoms with van der Waals surface area (Å²) in [5, 5.41) is 0. The van der Waals surface area contributed by atoms with Crippen LogP contribution >= 0.6 is 15.9 Å². The van der Waals surface area contributed by atoms with Crippen molar-refractivity contribution < 1.29 is 19.1 Å². The van der Waals surface area contributed by atoms with Gasteiger partial charge in [-0.25, -0.2) is 0 Å². The van der Waals surface area contributed by atoms with Crippen LogP contribution in [-0.2, 0) is 19.1 Å². The number of ketones is 2. The van der Waals surface area contributed by atoms with E-state index in [9.17, 15) is 14.4 Å². The molecule has 0 aliphatic heterocycles. The topological polar surface area (TPSA) is 60.4 Å². The second kappa shape index (κ2) is 4.37. The Balaban J connectivity index is 2.49. The Morgan fingerprint density at radius 2 is 2.29 bits per heavy atom. The summed E-state index contributed by atoms with van der Waals surface area (Å²) in [6.07, 6.45) is 3.01. The summed E-state index contributed by atoms with van der Waals surface area (Å²) in [6.45, 7) is 1.93. The van der Waals surface area contributed by atoms with E-state index in [1.807, 2.05) is 0 Å². The lowest BCUT2D eigenvalue weighted by atomic mass is 9.64. The molecule has 0 spiro atoms. The van der Waals surface area contributed by atoms with Crippen LogP contribution in [0.4, 0.5) is 0 Å². The third kappa shape index (κ3) is 1.68. The second-order valence-corrected chi connectivity index (χ2v) is 5.18. The number of esters is 1. The molecule has 4 nitrogen and oxygen atoms in total. The van der Waals surface area contributed by atoms with Crippen LogP contribution in [0, 0.1) is 11.3 Å². The number of fused-ring (bicyclic) bond motifs is 2. The van der Waals surface area contributed by atoms with Crippen molar-refractivity contribution in [2.45, 2.75) is 26.2 Å². The van der Waals surface area contributed by atoms with Gasteiger partial charge >= 0.3 is 5.97 Å². The van der Waals surface area contributed by atoms with Crippen molar-refractivity contribution >= 4 is 33.5 Å². The summed E-state index contributed by atoms with van der Waals surface area (Å²) in [4.78, 5) is 36.0. The first kappa shape index (κ1) is 12.5. The van der Waals surface area contributed by atoms with Gasteiger partial charge in [-0.3, -0.25) is 14.4 Å². The zero-order valence-electron chi connectivity index (χ0n) is 9.49. The van der Waals surface area contributed by atoms with Gasteiger partial charge in [-0.15, -0.1) is 0 Å². The number of ether oxygens (including phenoxy) is 1. The molecule has 92 valence electrons. The summed E-state index contributed by atoms with van der Waals surface area (Å²) in [7, 11) is 0. The van der Waals surface area contributed by atoms with Gasteiger partial charge in [0.1, 0.15) is 0 Å². The van der Waals surface area contributed by atoms with E-state index in [0.717, 1.165) is 0 Å². The minimum absolute atomic E-state index is 0.207. The fraction of sp³-hybridized carbons (Fsp3) is 0.583. The highest BCUT2D eigenvalue weighted by molar-refractivity contribution is 9.11. The molecule has 0 N–H and O–H groups in total. The molecule has 0 aromatic rings. The van der Waals surface area contributed by atoms with E-state index in [2.05, 4.69) is 15.9 Å². The van der Waals surface area contributed by atoms with Crippen LogP contribution in [0.3, 0.4) is 0 Å². The van der Waals surface area contributed by atoms with E-state index < -0.39 is 17.3 Å². The molecule has 0 amide bonds. The lowest BCUT2D eigenvalue weighted by Gasteiger charge is -2.39. The average Bonchev–Trinajstić information content (AvgIpc) is 2.27. The molecular formula is C12H13BrO4. The summed E-state index contributed by atoms with van der Waals surface area (Å²) in [5.74, 6) is -1.71. The number of carbonyl (C=O) groups excluding carboxylic acids is 3. The predicted octanol–water partition coefficient (Wildman–Crippen LogP) is 1.77. The Labute approximate surface area is 108 Å². The Kier molecular flexibility index (Phi) is 3.21. The summed E-state index contributed by atoms with van der Waals surface area (Å²) >= 11 is 3.20. The van der Waals surface area contributed by atoms with E-state index in [4.69, 9.17) is 4.74 Å². The quantitative estimate of drug-likeness (QED) is 0.576. The van der Waals surface area contributed by atoms with Gasteiger partial charge in [0.15, 0.2) is 17.0 Å². The first-order valence-electron chi connectivity index (χ1n) is 5.67. The SMILES string of the molecule is CCOC(=O)[C@]12CCC[C@H](C(=O)C=C1Br)C2=O. The Bertz CT molecular complexity index is 426. The lowest BCUT2D eigenvalue weighted by Crippen LogP contribution is -2.51. The van der Waals surface area contributed by atoms with E-state index >= 15 is 0 Å². The first-order chi connectivity index (χ1) is 8.04. The number of carbonyl (C=O) groups is 3. The van der Waals surface area contributed by atoms with Crippen molar-refractivity contribution in [3.8, 4) is 0 Å². The second-order valence-electron chi connectivity index (χ2n) is 4.33. The normalized spacial score (nSPS) is 32.1. The fourth-order valence-corrected chi connectivity index (χ4v) is 3.32. The molecule has 1 fully saturated rings. The third-order valence-electron chi connectivity index (χ3n) is 3.43.